The van der Waals surface area contributed by atoms with E-state index in [0.717, 1.165) is 47.7 Å². The lowest BCUT2D eigenvalue weighted by Crippen LogP contribution is -2.36. The standard InChI is InChI=1S/C24H27N3O2S/c1-3-18-6-8-20(9-7-18)23-26-17(2)22(30-23)24(28)27(16-21-5-4-14-29-21)15-19-10-12-25-13-11-19/h6-13,21H,3-5,14-16H2,1-2H3. The molecule has 3 heterocycles. The molecule has 0 N–H and O–H groups in total. The van der Waals surface area contributed by atoms with Crippen LogP contribution in [0.1, 0.15) is 46.3 Å². The molecule has 1 aliphatic rings. The number of benzene rings is 1. The minimum absolute atomic E-state index is 0.0220. The average molecular weight is 422 g/mol. The maximum absolute atomic E-state index is 13.5. The first kappa shape index (κ1) is 20.7. The van der Waals surface area contributed by atoms with Gasteiger partial charge in [-0.15, -0.1) is 11.3 Å². The largest absolute Gasteiger partial charge is 0.376 e. The first-order chi connectivity index (χ1) is 14.6. The summed E-state index contributed by atoms with van der Waals surface area (Å²) in [5.41, 5.74) is 4.20. The molecule has 1 atom stereocenters. The van der Waals surface area contributed by atoms with Crippen LogP contribution in [0.15, 0.2) is 48.8 Å². The highest BCUT2D eigenvalue weighted by Gasteiger charge is 2.26. The number of ether oxygens (including phenoxy) is 1. The number of carbonyl (C=O) groups is 1. The number of aryl methyl sites for hydroxylation is 2. The molecular weight excluding hydrogens is 394 g/mol. The van der Waals surface area contributed by atoms with Gasteiger partial charge in [-0.05, 0) is 49.4 Å². The number of rotatable bonds is 7. The topological polar surface area (TPSA) is 55.3 Å². The van der Waals surface area contributed by atoms with E-state index >= 15 is 0 Å². The second-order valence-corrected chi connectivity index (χ2v) is 8.66. The van der Waals surface area contributed by atoms with E-state index in [0.29, 0.717) is 18.0 Å². The molecule has 1 aromatic carbocycles. The summed E-state index contributed by atoms with van der Waals surface area (Å²) >= 11 is 1.48. The lowest BCUT2D eigenvalue weighted by atomic mass is 10.1. The van der Waals surface area contributed by atoms with E-state index in [4.69, 9.17) is 9.72 Å². The molecule has 1 aliphatic heterocycles. The zero-order valence-corrected chi connectivity index (χ0v) is 18.3. The Kier molecular flexibility index (Phi) is 6.55. The Hall–Kier alpha value is -2.57. The van der Waals surface area contributed by atoms with Gasteiger partial charge in [0.15, 0.2) is 0 Å². The summed E-state index contributed by atoms with van der Waals surface area (Å²) in [6, 6.07) is 12.3. The monoisotopic (exact) mass is 421 g/mol. The van der Waals surface area contributed by atoms with E-state index in [9.17, 15) is 4.79 Å². The molecule has 0 saturated carbocycles. The molecule has 6 heteroatoms. The van der Waals surface area contributed by atoms with Gasteiger partial charge in [0.1, 0.15) is 9.88 Å². The third kappa shape index (κ3) is 4.77. The number of hydrogen-bond acceptors (Lipinski definition) is 5. The Morgan fingerprint density at radius 1 is 1.17 bits per heavy atom. The molecule has 2 aromatic heterocycles. The van der Waals surface area contributed by atoms with Crippen molar-refractivity contribution in [3.05, 3.63) is 70.5 Å². The van der Waals surface area contributed by atoms with Crippen LogP contribution in [0.25, 0.3) is 10.6 Å². The number of pyridine rings is 1. The van der Waals surface area contributed by atoms with E-state index in [1.807, 2.05) is 24.0 Å². The van der Waals surface area contributed by atoms with Gasteiger partial charge in [0.25, 0.3) is 5.91 Å². The first-order valence-corrected chi connectivity index (χ1v) is 11.3. The van der Waals surface area contributed by atoms with Crippen molar-refractivity contribution in [2.24, 2.45) is 0 Å². The third-order valence-electron chi connectivity index (χ3n) is 5.46. The third-order valence-corrected chi connectivity index (χ3v) is 6.65. The van der Waals surface area contributed by atoms with E-state index in [1.54, 1.807) is 12.4 Å². The summed E-state index contributed by atoms with van der Waals surface area (Å²) in [6.45, 7) is 5.98. The lowest BCUT2D eigenvalue weighted by Gasteiger charge is -2.25. The Balaban J connectivity index is 1.58. The molecule has 1 saturated heterocycles. The van der Waals surface area contributed by atoms with Crippen molar-refractivity contribution in [3.63, 3.8) is 0 Å². The maximum atomic E-state index is 13.5. The summed E-state index contributed by atoms with van der Waals surface area (Å²) in [5, 5.41) is 0.888. The molecule has 156 valence electrons. The maximum Gasteiger partial charge on any atom is 0.266 e. The molecule has 0 spiro atoms. The minimum Gasteiger partial charge on any atom is -0.376 e. The molecule has 0 bridgehead atoms. The zero-order chi connectivity index (χ0) is 20.9. The van der Waals surface area contributed by atoms with Gasteiger partial charge in [0.2, 0.25) is 0 Å². The van der Waals surface area contributed by atoms with Crippen molar-refractivity contribution < 1.29 is 9.53 Å². The molecule has 1 amide bonds. The van der Waals surface area contributed by atoms with Gasteiger partial charge in [0, 0.05) is 37.7 Å². The van der Waals surface area contributed by atoms with E-state index in [2.05, 4.69) is 36.2 Å². The molecule has 1 fully saturated rings. The van der Waals surface area contributed by atoms with Crippen molar-refractivity contribution in [2.75, 3.05) is 13.2 Å². The number of thiazole rings is 1. The SMILES string of the molecule is CCc1ccc(-c2nc(C)c(C(=O)N(Cc3ccncc3)CC3CCCO3)s2)cc1. The molecule has 0 radical (unpaired) electrons. The van der Waals surface area contributed by atoms with Crippen LogP contribution in [0.2, 0.25) is 0 Å². The molecule has 5 nitrogen and oxygen atoms in total. The van der Waals surface area contributed by atoms with Crippen LogP contribution in [0.5, 0.6) is 0 Å². The van der Waals surface area contributed by atoms with Crippen molar-refractivity contribution in [1.82, 2.24) is 14.9 Å². The summed E-state index contributed by atoms with van der Waals surface area (Å²) in [7, 11) is 0. The van der Waals surface area contributed by atoms with Crippen molar-refractivity contribution in [1.29, 1.82) is 0 Å². The van der Waals surface area contributed by atoms with E-state index in [1.165, 1.54) is 16.9 Å². The van der Waals surface area contributed by atoms with Crippen LogP contribution < -0.4 is 0 Å². The molecule has 4 rings (SSSR count). The van der Waals surface area contributed by atoms with Crippen molar-refractivity contribution in [3.8, 4) is 10.6 Å². The lowest BCUT2D eigenvalue weighted by molar-refractivity contribution is 0.0510. The summed E-state index contributed by atoms with van der Waals surface area (Å²) in [6.07, 6.45) is 6.69. The summed E-state index contributed by atoms with van der Waals surface area (Å²) in [4.78, 5) is 24.9. The molecule has 0 aliphatic carbocycles. The number of nitrogens with zero attached hydrogens (tertiary/aromatic N) is 3. The van der Waals surface area contributed by atoms with Gasteiger partial charge in [-0.2, -0.15) is 0 Å². The van der Waals surface area contributed by atoms with Crippen LogP contribution in [-0.4, -0.2) is 40.0 Å². The van der Waals surface area contributed by atoms with Gasteiger partial charge in [-0.25, -0.2) is 4.98 Å². The number of aromatic nitrogens is 2. The second kappa shape index (κ2) is 9.49. The molecule has 1 unspecified atom stereocenters. The summed E-state index contributed by atoms with van der Waals surface area (Å²) in [5.74, 6) is 0.0220. The fourth-order valence-electron chi connectivity index (χ4n) is 3.71. The summed E-state index contributed by atoms with van der Waals surface area (Å²) < 4.78 is 5.82. The number of carbonyl (C=O) groups excluding carboxylic acids is 1. The van der Waals surface area contributed by atoms with Crippen molar-refractivity contribution >= 4 is 17.2 Å². The smallest absolute Gasteiger partial charge is 0.266 e. The fourth-order valence-corrected chi connectivity index (χ4v) is 4.75. The van der Waals surface area contributed by atoms with Crippen LogP contribution in [0.3, 0.4) is 0 Å². The van der Waals surface area contributed by atoms with E-state index in [-0.39, 0.29) is 12.0 Å². The van der Waals surface area contributed by atoms with Crippen LogP contribution in [0, 0.1) is 6.92 Å². The average Bonchev–Trinajstić information content (AvgIpc) is 3.43. The highest BCUT2D eigenvalue weighted by atomic mass is 32.1. The Bertz CT molecular complexity index is 979. The van der Waals surface area contributed by atoms with Gasteiger partial charge >= 0.3 is 0 Å². The van der Waals surface area contributed by atoms with Crippen LogP contribution in [-0.2, 0) is 17.7 Å². The van der Waals surface area contributed by atoms with Gasteiger partial charge in [-0.1, -0.05) is 31.2 Å². The first-order valence-electron chi connectivity index (χ1n) is 10.5. The predicted molar refractivity (Wildman–Crippen MR) is 120 cm³/mol. The fraction of sp³-hybridized carbons (Fsp3) is 0.375. The Labute approximate surface area is 181 Å². The van der Waals surface area contributed by atoms with Gasteiger partial charge in [0.05, 0.1) is 11.8 Å². The van der Waals surface area contributed by atoms with Crippen molar-refractivity contribution in [2.45, 2.75) is 45.8 Å². The predicted octanol–water partition coefficient (Wildman–Crippen LogP) is 4.90. The Morgan fingerprint density at radius 2 is 1.93 bits per heavy atom. The van der Waals surface area contributed by atoms with Crippen LogP contribution >= 0.6 is 11.3 Å². The molecule has 30 heavy (non-hydrogen) atoms. The molecule has 3 aromatic rings. The highest BCUT2D eigenvalue weighted by Crippen LogP contribution is 2.30. The van der Waals surface area contributed by atoms with Gasteiger partial charge < -0.3 is 9.64 Å². The number of hydrogen-bond donors (Lipinski definition) is 0. The second-order valence-electron chi connectivity index (χ2n) is 7.66. The quantitative estimate of drug-likeness (QED) is 0.545. The van der Waals surface area contributed by atoms with E-state index < -0.39 is 0 Å². The number of amides is 1. The van der Waals surface area contributed by atoms with Gasteiger partial charge in [-0.3, -0.25) is 9.78 Å². The highest BCUT2D eigenvalue weighted by molar-refractivity contribution is 7.17. The van der Waals surface area contributed by atoms with Crippen LogP contribution in [0.4, 0.5) is 0 Å². The minimum atomic E-state index is 0.0220. The zero-order valence-electron chi connectivity index (χ0n) is 17.5. The normalized spacial score (nSPS) is 16.0. The Morgan fingerprint density at radius 3 is 2.60 bits per heavy atom. The molecular formula is C24H27N3O2S.